The third kappa shape index (κ3) is 4.12. The van der Waals surface area contributed by atoms with E-state index in [1.807, 2.05) is 0 Å². The van der Waals surface area contributed by atoms with Crippen molar-refractivity contribution in [2.75, 3.05) is 6.26 Å². The third-order valence-corrected chi connectivity index (χ3v) is 2.38. The summed E-state index contributed by atoms with van der Waals surface area (Å²) < 4.78 is 27.8. The minimum Gasteiger partial charge on any atom is -0.446 e. The van der Waals surface area contributed by atoms with Crippen molar-refractivity contribution in [2.24, 2.45) is 0 Å². The highest BCUT2D eigenvalue weighted by Gasteiger charge is 2.20. The summed E-state index contributed by atoms with van der Waals surface area (Å²) in [5.41, 5.74) is 0. The molecule has 6 heteroatoms. The van der Waals surface area contributed by atoms with Crippen molar-refractivity contribution in [3.8, 4) is 0 Å². The molecule has 0 aromatic carbocycles. The van der Waals surface area contributed by atoms with E-state index in [0.717, 1.165) is 31.9 Å². The Morgan fingerprint density at radius 3 is 2.38 bits per heavy atom. The average molecular weight is 207 g/mol. The molecule has 1 saturated carbocycles. The normalized spacial score (nSPS) is 18.5. The molecule has 0 unspecified atom stereocenters. The fourth-order valence-electron chi connectivity index (χ4n) is 1.33. The van der Waals surface area contributed by atoms with Gasteiger partial charge in [0.25, 0.3) is 0 Å². The van der Waals surface area contributed by atoms with Gasteiger partial charge in [-0.15, -0.1) is 0 Å². The van der Waals surface area contributed by atoms with Gasteiger partial charge in [0.05, 0.1) is 6.26 Å². The predicted octanol–water partition coefficient (Wildman–Crippen LogP) is 0.615. The number of amides is 1. The van der Waals surface area contributed by atoms with Gasteiger partial charge in [-0.05, 0) is 25.7 Å². The first-order valence-corrected chi connectivity index (χ1v) is 6.05. The fourth-order valence-corrected chi connectivity index (χ4v) is 1.68. The lowest BCUT2D eigenvalue weighted by molar-refractivity contribution is 0.106. The average Bonchev–Trinajstić information content (AvgIpc) is 2.34. The topological polar surface area (TPSA) is 72.5 Å². The van der Waals surface area contributed by atoms with Crippen molar-refractivity contribution in [1.82, 2.24) is 4.72 Å². The number of hydrogen-bond acceptors (Lipinski definition) is 4. The van der Waals surface area contributed by atoms with Crippen molar-refractivity contribution in [2.45, 2.75) is 31.8 Å². The van der Waals surface area contributed by atoms with Crippen LogP contribution in [0.3, 0.4) is 0 Å². The van der Waals surface area contributed by atoms with Gasteiger partial charge in [0, 0.05) is 0 Å². The molecular formula is C7H13NO4S. The predicted molar refractivity (Wildman–Crippen MR) is 46.7 cm³/mol. The largest absolute Gasteiger partial charge is 0.446 e. The van der Waals surface area contributed by atoms with Crippen LogP contribution in [0.2, 0.25) is 0 Å². The van der Waals surface area contributed by atoms with Crippen LogP contribution in [-0.2, 0) is 14.8 Å². The molecule has 1 N–H and O–H groups in total. The molecule has 0 spiro atoms. The van der Waals surface area contributed by atoms with Gasteiger partial charge in [0.15, 0.2) is 0 Å². The lowest BCUT2D eigenvalue weighted by Crippen LogP contribution is -2.32. The minimum atomic E-state index is -3.49. The van der Waals surface area contributed by atoms with Gasteiger partial charge in [-0.1, -0.05) is 0 Å². The zero-order chi connectivity index (χ0) is 9.90. The molecule has 1 aliphatic rings. The molecule has 0 aromatic rings. The van der Waals surface area contributed by atoms with Crippen molar-refractivity contribution >= 4 is 16.1 Å². The van der Waals surface area contributed by atoms with Gasteiger partial charge in [0.1, 0.15) is 6.10 Å². The van der Waals surface area contributed by atoms with Crippen molar-refractivity contribution in [1.29, 1.82) is 0 Å². The highest BCUT2D eigenvalue weighted by molar-refractivity contribution is 7.89. The molecule has 1 amide bonds. The summed E-state index contributed by atoms with van der Waals surface area (Å²) in [4.78, 5) is 10.9. The second-order valence-electron chi connectivity index (χ2n) is 3.19. The number of carbonyl (C=O) groups excluding carboxylic acids is 1. The summed E-state index contributed by atoms with van der Waals surface area (Å²) in [7, 11) is -3.49. The maximum atomic E-state index is 10.9. The molecule has 1 aliphatic carbocycles. The Morgan fingerprint density at radius 1 is 1.38 bits per heavy atom. The van der Waals surface area contributed by atoms with Crippen LogP contribution < -0.4 is 4.72 Å². The smallest absolute Gasteiger partial charge is 0.421 e. The van der Waals surface area contributed by atoms with Crippen LogP contribution in [0.1, 0.15) is 25.7 Å². The Morgan fingerprint density at radius 2 is 1.92 bits per heavy atom. The lowest BCUT2D eigenvalue weighted by Gasteiger charge is -2.10. The Hall–Kier alpha value is -0.780. The van der Waals surface area contributed by atoms with Crippen molar-refractivity contribution < 1.29 is 17.9 Å². The molecule has 1 fully saturated rings. The Bertz CT molecular complexity index is 279. The molecule has 0 radical (unpaired) electrons. The molecule has 0 bridgehead atoms. The zero-order valence-electron chi connectivity index (χ0n) is 7.45. The van der Waals surface area contributed by atoms with E-state index in [2.05, 4.69) is 0 Å². The number of rotatable bonds is 2. The standard InChI is InChI=1S/C7H13NO4S/c1-13(10,11)8-7(9)12-6-4-2-3-5-6/h6H,2-5H2,1H3,(H,8,9). The van der Waals surface area contributed by atoms with E-state index in [9.17, 15) is 13.2 Å². The second kappa shape index (κ2) is 3.95. The molecule has 0 heterocycles. The Kier molecular flexibility index (Phi) is 3.13. The summed E-state index contributed by atoms with van der Waals surface area (Å²) in [6, 6.07) is 0. The summed E-state index contributed by atoms with van der Waals surface area (Å²) in [6.45, 7) is 0. The fraction of sp³-hybridized carbons (Fsp3) is 0.857. The van der Waals surface area contributed by atoms with Gasteiger partial charge >= 0.3 is 6.09 Å². The van der Waals surface area contributed by atoms with Crippen LogP contribution in [0, 0.1) is 0 Å². The van der Waals surface area contributed by atoms with Gasteiger partial charge in [-0.25, -0.2) is 17.9 Å². The summed E-state index contributed by atoms with van der Waals surface area (Å²) in [6.07, 6.45) is 3.68. The summed E-state index contributed by atoms with van der Waals surface area (Å²) >= 11 is 0. The Labute approximate surface area is 77.5 Å². The number of carbonyl (C=O) groups is 1. The second-order valence-corrected chi connectivity index (χ2v) is 4.93. The van der Waals surface area contributed by atoms with Gasteiger partial charge < -0.3 is 4.74 Å². The van der Waals surface area contributed by atoms with Crippen LogP contribution >= 0.6 is 0 Å². The molecule has 13 heavy (non-hydrogen) atoms. The first-order chi connectivity index (χ1) is 5.97. The molecule has 1 rings (SSSR count). The maximum Gasteiger partial charge on any atom is 0.421 e. The molecule has 0 saturated heterocycles. The van der Waals surface area contributed by atoms with E-state index in [0.29, 0.717) is 0 Å². The molecule has 0 aliphatic heterocycles. The van der Waals surface area contributed by atoms with Gasteiger partial charge in [0.2, 0.25) is 10.0 Å². The minimum absolute atomic E-state index is 0.109. The van der Waals surface area contributed by atoms with Crippen LogP contribution in [0.15, 0.2) is 0 Å². The van der Waals surface area contributed by atoms with E-state index in [1.165, 1.54) is 0 Å². The van der Waals surface area contributed by atoms with E-state index >= 15 is 0 Å². The van der Waals surface area contributed by atoms with Crippen LogP contribution in [0.5, 0.6) is 0 Å². The highest BCUT2D eigenvalue weighted by atomic mass is 32.2. The van der Waals surface area contributed by atoms with Gasteiger partial charge in [-0.3, -0.25) is 0 Å². The van der Waals surface area contributed by atoms with E-state index in [4.69, 9.17) is 4.74 Å². The highest BCUT2D eigenvalue weighted by Crippen LogP contribution is 2.20. The maximum absolute atomic E-state index is 10.9. The van der Waals surface area contributed by atoms with Crippen molar-refractivity contribution in [3.05, 3.63) is 0 Å². The number of hydrogen-bond donors (Lipinski definition) is 1. The zero-order valence-corrected chi connectivity index (χ0v) is 8.26. The van der Waals surface area contributed by atoms with E-state index in [1.54, 1.807) is 4.72 Å². The van der Waals surface area contributed by atoms with Gasteiger partial charge in [-0.2, -0.15) is 0 Å². The molecule has 5 nitrogen and oxygen atoms in total. The summed E-state index contributed by atoms with van der Waals surface area (Å²) in [5.74, 6) is 0. The first kappa shape index (κ1) is 10.3. The summed E-state index contributed by atoms with van der Waals surface area (Å²) in [5, 5.41) is 0. The lowest BCUT2D eigenvalue weighted by atomic mass is 10.3. The van der Waals surface area contributed by atoms with Crippen molar-refractivity contribution in [3.63, 3.8) is 0 Å². The SMILES string of the molecule is CS(=O)(=O)NC(=O)OC1CCCC1. The molecule has 76 valence electrons. The monoisotopic (exact) mass is 207 g/mol. The quantitative estimate of drug-likeness (QED) is 0.720. The van der Waals surface area contributed by atoms with Crippen LogP contribution in [-0.4, -0.2) is 26.9 Å². The molecule has 0 aromatic heterocycles. The van der Waals surface area contributed by atoms with E-state index in [-0.39, 0.29) is 6.10 Å². The first-order valence-electron chi connectivity index (χ1n) is 4.16. The number of ether oxygens (including phenoxy) is 1. The number of sulfonamides is 1. The van der Waals surface area contributed by atoms with E-state index < -0.39 is 16.1 Å². The molecular weight excluding hydrogens is 194 g/mol. The van der Waals surface area contributed by atoms with Crippen LogP contribution in [0.25, 0.3) is 0 Å². The third-order valence-electron chi connectivity index (χ3n) is 1.84. The Balaban J connectivity index is 2.33. The molecule has 0 atom stereocenters. The van der Waals surface area contributed by atoms with Crippen LogP contribution in [0.4, 0.5) is 4.79 Å². The number of nitrogens with one attached hydrogen (secondary N) is 1.